The van der Waals surface area contributed by atoms with Gasteiger partial charge in [0.15, 0.2) is 5.65 Å². The van der Waals surface area contributed by atoms with Crippen molar-refractivity contribution in [3.05, 3.63) is 66.0 Å². The molecule has 6 rings (SSSR count). The van der Waals surface area contributed by atoms with Crippen LogP contribution in [0.1, 0.15) is 42.9 Å². The highest BCUT2D eigenvalue weighted by atomic mass is 15.3. The van der Waals surface area contributed by atoms with Crippen LogP contribution >= 0.6 is 0 Å². The van der Waals surface area contributed by atoms with Gasteiger partial charge in [0, 0.05) is 50.0 Å². The molecule has 0 atom stereocenters. The van der Waals surface area contributed by atoms with Gasteiger partial charge in [0.05, 0.1) is 23.1 Å². The summed E-state index contributed by atoms with van der Waals surface area (Å²) in [4.78, 5) is 14.0. The summed E-state index contributed by atoms with van der Waals surface area (Å²) in [5.41, 5.74) is 11.6. The van der Waals surface area contributed by atoms with Crippen LogP contribution in [0.5, 0.6) is 0 Å². The van der Waals surface area contributed by atoms with Crippen LogP contribution in [0.2, 0.25) is 0 Å². The number of piperazine rings is 1. The molecule has 0 spiro atoms. The number of hydrogen-bond acceptors (Lipinski definition) is 8. The zero-order chi connectivity index (χ0) is 26.8. The maximum absolute atomic E-state index is 9.35. The molecule has 1 aliphatic carbocycles. The Morgan fingerprint density at radius 3 is 2.41 bits per heavy atom. The number of hydrogen-bond donors (Lipinski definition) is 2. The van der Waals surface area contributed by atoms with Gasteiger partial charge in [0.25, 0.3) is 0 Å². The maximum atomic E-state index is 9.35. The van der Waals surface area contributed by atoms with E-state index in [-0.39, 0.29) is 0 Å². The third-order valence-electron chi connectivity index (χ3n) is 8.36. The molecule has 0 radical (unpaired) electrons. The smallest absolute Gasteiger partial charge is 0.164 e. The van der Waals surface area contributed by atoms with Crippen LogP contribution in [0.15, 0.2) is 54.9 Å². The first-order valence-corrected chi connectivity index (χ1v) is 13.8. The van der Waals surface area contributed by atoms with E-state index in [1.54, 1.807) is 6.33 Å². The number of likely N-dealkylation sites (N-methyl/N-ethyl adjacent to an activating group) is 1. The van der Waals surface area contributed by atoms with Crippen LogP contribution in [0.25, 0.3) is 22.3 Å². The van der Waals surface area contributed by atoms with Crippen molar-refractivity contribution >= 4 is 22.5 Å². The Kier molecular flexibility index (Phi) is 7.14. The second-order valence-corrected chi connectivity index (χ2v) is 10.8. The van der Waals surface area contributed by atoms with Gasteiger partial charge in [0.1, 0.15) is 17.8 Å². The highest BCUT2D eigenvalue weighted by Crippen LogP contribution is 2.37. The Morgan fingerprint density at radius 1 is 0.949 bits per heavy atom. The quantitative estimate of drug-likeness (QED) is 0.387. The molecule has 2 aliphatic rings. The first kappa shape index (κ1) is 25.3. The van der Waals surface area contributed by atoms with E-state index in [9.17, 15) is 5.26 Å². The van der Waals surface area contributed by atoms with Crippen molar-refractivity contribution in [2.75, 3.05) is 44.3 Å². The zero-order valence-electron chi connectivity index (χ0n) is 22.4. The van der Waals surface area contributed by atoms with Gasteiger partial charge >= 0.3 is 0 Å². The Balaban J connectivity index is 1.20. The van der Waals surface area contributed by atoms with Crippen LogP contribution in [0.3, 0.4) is 0 Å². The summed E-state index contributed by atoms with van der Waals surface area (Å²) >= 11 is 0. The van der Waals surface area contributed by atoms with E-state index in [0.29, 0.717) is 30.0 Å². The van der Waals surface area contributed by atoms with Crippen LogP contribution in [0, 0.1) is 11.3 Å². The lowest BCUT2D eigenvalue weighted by Gasteiger charge is -2.41. The minimum Gasteiger partial charge on any atom is -0.383 e. The molecule has 0 unspecified atom stereocenters. The molecular weight excluding hydrogens is 486 g/mol. The van der Waals surface area contributed by atoms with Crippen molar-refractivity contribution in [2.24, 2.45) is 0 Å². The van der Waals surface area contributed by atoms with Crippen molar-refractivity contribution < 1.29 is 0 Å². The second-order valence-electron chi connectivity index (χ2n) is 10.8. The SMILES string of the molecule is CN1CCN(C2CCC(n3nc(-c4ccc(NCc5ccccc5C#N)cc4)c4c(N)ncnc43)CC2)CC1. The van der Waals surface area contributed by atoms with Crippen LogP contribution in [-0.4, -0.2) is 68.8 Å². The standard InChI is InChI=1S/C30H35N9/c1-37-14-16-38(17-15-37)25-10-12-26(13-11-25)39-30-27(29(32)34-20-35-30)28(36-39)21-6-8-24(9-7-21)33-19-23-5-3-2-4-22(23)18-31/h2-9,20,25-26,33H,10-17,19H2,1H3,(H2,32,34,35). The van der Waals surface area contributed by atoms with Gasteiger partial charge in [-0.05, 0) is 56.5 Å². The zero-order valence-corrected chi connectivity index (χ0v) is 22.4. The third kappa shape index (κ3) is 5.18. The van der Waals surface area contributed by atoms with Gasteiger partial charge in [-0.2, -0.15) is 10.4 Å². The Morgan fingerprint density at radius 2 is 1.67 bits per heavy atom. The molecule has 0 bridgehead atoms. The van der Waals surface area contributed by atoms with Gasteiger partial charge in [-0.25, -0.2) is 14.6 Å². The second kappa shape index (κ2) is 11.0. The van der Waals surface area contributed by atoms with Crippen LogP contribution in [-0.2, 0) is 6.54 Å². The molecule has 3 N–H and O–H groups in total. The number of nitrogen functional groups attached to an aromatic ring is 1. The lowest BCUT2D eigenvalue weighted by Crippen LogP contribution is -2.49. The number of nitrogens with zero attached hydrogens (tertiary/aromatic N) is 7. The van der Waals surface area contributed by atoms with E-state index in [1.807, 2.05) is 36.4 Å². The lowest BCUT2D eigenvalue weighted by molar-refractivity contribution is 0.0815. The van der Waals surface area contributed by atoms with Gasteiger partial charge in [-0.3, -0.25) is 4.90 Å². The number of rotatable bonds is 6. The number of nitriles is 1. The lowest BCUT2D eigenvalue weighted by atomic mass is 9.90. The number of anilines is 2. The number of nitrogens with one attached hydrogen (secondary N) is 1. The fourth-order valence-corrected chi connectivity index (χ4v) is 6.03. The topological polar surface area (TPSA) is 112 Å². The number of benzene rings is 2. The molecular formula is C30H35N9. The van der Waals surface area contributed by atoms with Gasteiger partial charge in [-0.15, -0.1) is 0 Å². The summed E-state index contributed by atoms with van der Waals surface area (Å²) < 4.78 is 2.11. The summed E-state index contributed by atoms with van der Waals surface area (Å²) in [5.74, 6) is 0.461. The van der Waals surface area contributed by atoms with Crippen molar-refractivity contribution in [3.8, 4) is 17.3 Å². The first-order valence-electron chi connectivity index (χ1n) is 13.8. The van der Waals surface area contributed by atoms with E-state index in [2.05, 4.69) is 55.0 Å². The summed E-state index contributed by atoms with van der Waals surface area (Å²) in [5, 5.41) is 18.7. The summed E-state index contributed by atoms with van der Waals surface area (Å²) in [7, 11) is 2.21. The predicted molar refractivity (Wildman–Crippen MR) is 154 cm³/mol. The molecule has 2 fully saturated rings. The maximum Gasteiger partial charge on any atom is 0.164 e. The van der Waals surface area contributed by atoms with Crippen LogP contribution < -0.4 is 11.1 Å². The molecule has 2 aromatic heterocycles. The largest absolute Gasteiger partial charge is 0.383 e. The van der Waals surface area contributed by atoms with E-state index in [0.717, 1.165) is 59.5 Å². The minimum absolute atomic E-state index is 0.306. The fourth-order valence-electron chi connectivity index (χ4n) is 6.03. The van der Waals surface area contributed by atoms with Gasteiger partial charge in [0.2, 0.25) is 0 Å². The number of fused-ring (bicyclic) bond motifs is 1. The highest BCUT2D eigenvalue weighted by Gasteiger charge is 2.30. The monoisotopic (exact) mass is 521 g/mol. The van der Waals surface area contributed by atoms with Gasteiger partial charge in [-0.1, -0.05) is 30.3 Å². The summed E-state index contributed by atoms with van der Waals surface area (Å²) in [6.45, 7) is 5.23. The molecule has 39 heavy (non-hydrogen) atoms. The Labute approximate surface area is 229 Å². The van der Waals surface area contributed by atoms with Crippen molar-refractivity contribution in [3.63, 3.8) is 0 Å². The molecule has 200 valence electrons. The Hall–Kier alpha value is -4.00. The average molecular weight is 522 g/mol. The Bertz CT molecular complexity index is 1470. The predicted octanol–water partition coefficient (Wildman–Crippen LogP) is 4.29. The normalized spacial score (nSPS) is 20.6. The molecule has 1 saturated carbocycles. The summed E-state index contributed by atoms with van der Waals surface area (Å²) in [6, 6.07) is 19.1. The van der Waals surface area contributed by atoms with Crippen molar-refractivity contribution in [1.82, 2.24) is 29.5 Å². The van der Waals surface area contributed by atoms with Crippen molar-refractivity contribution in [2.45, 2.75) is 44.3 Å². The van der Waals surface area contributed by atoms with E-state index in [1.165, 1.54) is 25.9 Å². The molecule has 0 amide bonds. The van der Waals surface area contributed by atoms with Crippen molar-refractivity contribution in [1.29, 1.82) is 5.26 Å². The highest BCUT2D eigenvalue weighted by molar-refractivity contribution is 5.98. The van der Waals surface area contributed by atoms with E-state index >= 15 is 0 Å². The molecule has 1 aliphatic heterocycles. The third-order valence-corrected chi connectivity index (χ3v) is 8.36. The molecule has 9 nitrogen and oxygen atoms in total. The van der Waals surface area contributed by atoms with E-state index < -0.39 is 0 Å². The molecule has 4 aromatic rings. The summed E-state index contributed by atoms with van der Waals surface area (Å²) in [6.07, 6.45) is 6.08. The minimum atomic E-state index is 0.306. The molecule has 9 heteroatoms. The van der Waals surface area contributed by atoms with Gasteiger partial charge < -0.3 is 16.0 Å². The molecule has 2 aromatic carbocycles. The average Bonchev–Trinajstić information content (AvgIpc) is 3.38. The molecule has 3 heterocycles. The first-order chi connectivity index (χ1) is 19.1. The van der Waals surface area contributed by atoms with Crippen LogP contribution in [0.4, 0.5) is 11.5 Å². The fraction of sp³-hybridized carbons (Fsp3) is 0.400. The molecule has 1 saturated heterocycles. The van der Waals surface area contributed by atoms with E-state index in [4.69, 9.17) is 10.8 Å². The number of nitrogens with two attached hydrogens (primary N) is 1. The number of aromatic nitrogens is 4.